The predicted octanol–water partition coefficient (Wildman–Crippen LogP) is 4.27. The van der Waals surface area contributed by atoms with Crippen molar-refractivity contribution in [2.75, 3.05) is 20.3 Å². The van der Waals surface area contributed by atoms with E-state index in [1.165, 1.54) is 5.56 Å². The summed E-state index contributed by atoms with van der Waals surface area (Å²) >= 11 is 0. The number of hydrogen-bond acceptors (Lipinski definition) is 4. The van der Waals surface area contributed by atoms with Crippen molar-refractivity contribution in [3.63, 3.8) is 0 Å². The van der Waals surface area contributed by atoms with Crippen molar-refractivity contribution in [1.82, 2.24) is 10.2 Å². The maximum atomic E-state index is 13.4. The first-order valence-corrected chi connectivity index (χ1v) is 12.1. The Labute approximate surface area is 205 Å². The van der Waals surface area contributed by atoms with Crippen molar-refractivity contribution in [1.29, 1.82) is 0 Å². The van der Waals surface area contributed by atoms with Crippen LogP contribution in [0.15, 0.2) is 72.8 Å². The second-order valence-electron chi connectivity index (χ2n) is 9.19. The summed E-state index contributed by atoms with van der Waals surface area (Å²) in [6.07, 6.45) is 2.19. The second kappa shape index (κ2) is 10.2. The molecule has 2 amide bonds. The molecule has 2 aliphatic heterocycles. The number of fused-ring (bicyclic) bond motifs is 1. The number of nitrogens with zero attached hydrogens (tertiary/aromatic N) is 1. The van der Waals surface area contributed by atoms with Crippen LogP contribution in [0.4, 0.5) is 0 Å². The van der Waals surface area contributed by atoms with Gasteiger partial charge in [0.25, 0.3) is 0 Å². The standard InChI is InChI=1S/C29H30N2O4/c1-34-25-12-9-20(10-13-25)18-31-19-24(17-27(31)32)29(33)30-28(21-6-3-2-4-7-21)23-11-14-26-22(16-23)8-5-15-35-26/h2-4,6-7,9-14,16,24,28H,5,8,15,17-19H2,1H3,(H,30,33). The Morgan fingerprint density at radius 2 is 1.89 bits per heavy atom. The molecule has 0 saturated carbocycles. The van der Waals surface area contributed by atoms with E-state index in [1.54, 1.807) is 12.0 Å². The van der Waals surface area contributed by atoms with E-state index in [0.29, 0.717) is 13.1 Å². The summed E-state index contributed by atoms with van der Waals surface area (Å²) in [6, 6.07) is 23.5. The van der Waals surface area contributed by atoms with Crippen LogP contribution in [-0.4, -0.2) is 37.0 Å². The third-order valence-corrected chi connectivity index (χ3v) is 6.80. The molecule has 2 heterocycles. The third kappa shape index (κ3) is 5.16. The first-order chi connectivity index (χ1) is 17.1. The van der Waals surface area contributed by atoms with E-state index in [9.17, 15) is 9.59 Å². The Morgan fingerprint density at radius 1 is 1.09 bits per heavy atom. The molecule has 1 fully saturated rings. The first kappa shape index (κ1) is 23.0. The van der Waals surface area contributed by atoms with Gasteiger partial charge in [-0.25, -0.2) is 0 Å². The van der Waals surface area contributed by atoms with Gasteiger partial charge in [-0.1, -0.05) is 48.5 Å². The average molecular weight is 471 g/mol. The maximum Gasteiger partial charge on any atom is 0.226 e. The number of carbonyl (C=O) groups excluding carboxylic acids is 2. The lowest BCUT2D eigenvalue weighted by Gasteiger charge is -2.24. The van der Waals surface area contributed by atoms with Crippen LogP contribution < -0.4 is 14.8 Å². The van der Waals surface area contributed by atoms with Crippen LogP contribution in [0.3, 0.4) is 0 Å². The molecule has 0 radical (unpaired) electrons. The molecular formula is C29H30N2O4. The van der Waals surface area contributed by atoms with Crippen LogP contribution in [0.2, 0.25) is 0 Å². The maximum absolute atomic E-state index is 13.4. The molecule has 1 N–H and O–H groups in total. The van der Waals surface area contributed by atoms with Crippen LogP contribution in [-0.2, 0) is 22.6 Å². The lowest BCUT2D eigenvalue weighted by molar-refractivity contribution is -0.129. The van der Waals surface area contributed by atoms with Crippen molar-refractivity contribution < 1.29 is 19.1 Å². The summed E-state index contributed by atoms with van der Waals surface area (Å²) in [4.78, 5) is 27.9. The summed E-state index contributed by atoms with van der Waals surface area (Å²) in [7, 11) is 1.63. The fourth-order valence-corrected chi connectivity index (χ4v) is 4.88. The number of nitrogens with one attached hydrogen (secondary N) is 1. The quantitative estimate of drug-likeness (QED) is 0.560. The largest absolute Gasteiger partial charge is 0.497 e. The molecule has 2 unspecified atom stereocenters. The molecular weight excluding hydrogens is 440 g/mol. The van der Waals surface area contributed by atoms with E-state index < -0.39 is 0 Å². The van der Waals surface area contributed by atoms with Crippen molar-refractivity contribution in [3.05, 3.63) is 95.1 Å². The van der Waals surface area contributed by atoms with Gasteiger partial charge in [0.2, 0.25) is 11.8 Å². The zero-order valence-corrected chi connectivity index (χ0v) is 19.9. The van der Waals surface area contributed by atoms with Gasteiger partial charge in [0.05, 0.1) is 25.7 Å². The van der Waals surface area contributed by atoms with Gasteiger partial charge in [-0.15, -0.1) is 0 Å². The average Bonchev–Trinajstić information content (AvgIpc) is 3.28. The molecule has 0 aliphatic carbocycles. The molecule has 0 spiro atoms. The third-order valence-electron chi connectivity index (χ3n) is 6.80. The number of benzene rings is 3. The lowest BCUT2D eigenvalue weighted by Crippen LogP contribution is -2.36. The van der Waals surface area contributed by atoms with Crippen molar-refractivity contribution in [3.8, 4) is 11.5 Å². The lowest BCUT2D eigenvalue weighted by atomic mass is 9.94. The highest BCUT2D eigenvalue weighted by Gasteiger charge is 2.35. The Bertz CT molecular complexity index is 1190. The van der Waals surface area contributed by atoms with Gasteiger partial charge >= 0.3 is 0 Å². The van der Waals surface area contributed by atoms with Gasteiger partial charge in [-0.2, -0.15) is 0 Å². The Kier molecular flexibility index (Phi) is 6.70. The van der Waals surface area contributed by atoms with Crippen LogP contribution in [0.25, 0.3) is 0 Å². The van der Waals surface area contributed by atoms with Crippen molar-refractivity contribution >= 4 is 11.8 Å². The molecule has 2 aliphatic rings. The molecule has 5 rings (SSSR count). The molecule has 1 saturated heterocycles. The highest BCUT2D eigenvalue weighted by molar-refractivity contribution is 5.89. The van der Waals surface area contributed by atoms with Gasteiger partial charge in [0.1, 0.15) is 11.5 Å². The van der Waals surface area contributed by atoms with E-state index in [2.05, 4.69) is 11.4 Å². The van der Waals surface area contributed by atoms with Crippen molar-refractivity contribution in [2.45, 2.75) is 31.8 Å². The highest BCUT2D eigenvalue weighted by Crippen LogP contribution is 2.31. The van der Waals surface area contributed by atoms with E-state index in [0.717, 1.165) is 47.6 Å². The first-order valence-electron chi connectivity index (χ1n) is 12.1. The SMILES string of the molecule is COc1ccc(CN2CC(C(=O)NC(c3ccccc3)c3ccc4c(c3)CCCO4)CC2=O)cc1. The van der Waals surface area contributed by atoms with E-state index >= 15 is 0 Å². The number of rotatable bonds is 7. The van der Waals surface area contributed by atoms with Crippen LogP contribution >= 0.6 is 0 Å². The molecule has 180 valence electrons. The number of likely N-dealkylation sites (tertiary alicyclic amines) is 1. The molecule has 3 aromatic carbocycles. The Hall–Kier alpha value is -3.80. The summed E-state index contributed by atoms with van der Waals surface area (Å²) in [6.45, 7) is 1.64. The zero-order chi connectivity index (χ0) is 24.2. The van der Waals surface area contributed by atoms with Crippen LogP contribution in [0.1, 0.15) is 41.1 Å². The number of methoxy groups -OCH3 is 1. The van der Waals surface area contributed by atoms with Crippen molar-refractivity contribution in [2.24, 2.45) is 5.92 Å². The number of amides is 2. The summed E-state index contributed by atoms with van der Waals surface area (Å²) < 4.78 is 11.0. The minimum Gasteiger partial charge on any atom is -0.497 e. The molecule has 6 nitrogen and oxygen atoms in total. The molecule has 35 heavy (non-hydrogen) atoms. The Morgan fingerprint density at radius 3 is 2.66 bits per heavy atom. The van der Waals surface area contributed by atoms with Crippen LogP contribution in [0.5, 0.6) is 11.5 Å². The summed E-state index contributed by atoms with van der Waals surface area (Å²) in [5, 5.41) is 3.24. The monoisotopic (exact) mass is 470 g/mol. The normalized spacial score (nSPS) is 17.9. The van der Waals surface area contributed by atoms with E-state index in [4.69, 9.17) is 9.47 Å². The van der Waals surface area contributed by atoms with E-state index in [-0.39, 0.29) is 30.2 Å². The van der Waals surface area contributed by atoms with Gasteiger partial charge in [-0.3, -0.25) is 9.59 Å². The number of aryl methyl sites for hydroxylation is 1. The smallest absolute Gasteiger partial charge is 0.226 e. The summed E-state index contributed by atoms with van der Waals surface area (Å²) in [5.41, 5.74) is 4.22. The fraction of sp³-hybridized carbons (Fsp3) is 0.310. The molecule has 3 aromatic rings. The van der Waals surface area contributed by atoms with E-state index in [1.807, 2.05) is 66.7 Å². The number of hydrogen-bond donors (Lipinski definition) is 1. The van der Waals surface area contributed by atoms with Gasteiger partial charge in [0.15, 0.2) is 0 Å². The fourth-order valence-electron chi connectivity index (χ4n) is 4.88. The molecule has 0 bridgehead atoms. The minimum atomic E-state index is -0.382. The topological polar surface area (TPSA) is 67.9 Å². The molecule has 6 heteroatoms. The zero-order valence-electron chi connectivity index (χ0n) is 19.9. The van der Waals surface area contributed by atoms with Gasteiger partial charge < -0.3 is 19.7 Å². The second-order valence-corrected chi connectivity index (χ2v) is 9.19. The molecule has 0 aromatic heterocycles. The predicted molar refractivity (Wildman–Crippen MR) is 133 cm³/mol. The molecule has 2 atom stereocenters. The summed E-state index contributed by atoms with van der Waals surface area (Å²) in [5.74, 6) is 1.22. The number of carbonyl (C=O) groups is 2. The highest BCUT2D eigenvalue weighted by atomic mass is 16.5. The Balaban J connectivity index is 1.31. The minimum absolute atomic E-state index is 0.00292. The van der Waals surface area contributed by atoms with Gasteiger partial charge in [-0.05, 0) is 59.4 Å². The number of ether oxygens (including phenoxy) is 2. The van der Waals surface area contributed by atoms with Crippen LogP contribution in [0, 0.1) is 5.92 Å². The van der Waals surface area contributed by atoms with Gasteiger partial charge in [0, 0.05) is 19.5 Å².